The number of aryl methyl sites for hydroxylation is 1. The summed E-state index contributed by atoms with van der Waals surface area (Å²) in [5, 5.41) is 4.30. The fourth-order valence-electron chi connectivity index (χ4n) is 2.50. The molecule has 0 atom stereocenters. The highest BCUT2D eigenvalue weighted by molar-refractivity contribution is 5.92. The minimum absolute atomic E-state index is 0.173. The van der Waals surface area contributed by atoms with Gasteiger partial charge in [-0.25, -0.2) is 0 Å². The van der Waals surface area contributed by atoms with Crippen LogP contribution in [-0.2, 0) is 7.05 Å². The number of rotatable bonds is 3. The van der Waals surface area contributed by atoms with E-state index in [1.165, 1.54) is 4.90 Å². The normalized spacial score (nSPS) is 17.3. The molecule has 1 aromatic rings. The first-order valence-corrected chi connectivity index (χ1v) is 7.29. The molecule has 124 valence electrons. The number of amides is 1. The molecule has 0 saturated carbocycles. The minimum atomic E-state index is -4.19. The van der Waals surface area contributed by atoms with Crippen molar-refractivity contribution in [3.8, 4) is 0 Å². The van der Waals surface area contributed by atoms with E-state index in [0.717, 1.165) is 5.69 Å². The lowest BCUT2D eigenvalue weighted by molar-refractivity contribution is -0.148. The zero-order chi connectivity index (χ0) is 16.5. The number of hydrogen-bond donors (Lipinski definition) is 0. The highest BCUT2D eigenvalue weighted by Gasteiger charge is 2.33. The summed E-state index contributed by atoms with van der Waals surface area (Å²) >= 11 is 0. The van der Waals surface area contributed by atoms with Crippen LogP contribution < -0.4 is 0 Å². The average Bonchev–Trinajstić information content (AvgIpc) is 2.79. The number of halogens is 3. The summed E-state index contributed by atoms with van der Waals surface area (Å²) in [6.45, 7) is 4.14. The molecular weight excluding hydrogens is 297 g/mol. The SMILES string of the molecule is CC(C)c1cc(C(=O)N2CCN(CC(F)(F)F)CC2)n(C)n1. The molecule has 0 radical (unpaired) electrons. The van der Waals surface area contributed by atoms with Crippen LogP contribution in [0, 0.1) is 0 Å². The zero-order valence-corrected chi connectivity index (χ0v) is 13.0. The van der Waals surface area contributed by atoms with Crippen LogP contribution in [-0.4, -0.2) is 64.4 Å². The summed E-state index contributed by atoms with van der Waals surface area (Å²) in [6, 6.07) is 1.76. The van der Waals surface area contributed by atoms with Gasteiger partial charge in [-0.2, -0.15) is 18.3 Å². The first kappa shape index (κ1) is 16.8. The van der Waals surface area contributed by atoms with Gasteiger partial charge in [0, 0.05) is 33.2 Å². The lowest BCUT2D eigenvalue weighted by Gasteiger charge is -2.34. The maximum atomic E-state index is 12.5. The predicted molar refractivity (Wildman–Crippen MR) is 75.7 cm³/mol. The van der Waals surface area contributed by atoms with Gasteiger partial charge >= 0.3 is 6.18 Å². The standard InChI is InChI=1S/C14H21F3N4O/c1-10(2)11-8-12(19(3)18-11)13(22)21-6-4-20(5-7-21)9-14(15,16)17/h8,10H,4-7,9H2,1-3H3. The van der Waals surface area contributed by atoms with E-state index in [0.29, 0.717) is 18.8 Å². The highest BCUT2D eigenvalue weighted by Crippen LogP contribution is 2.19. The van der Waals surface area contributed by atoms with Gasteiger partial charge < -0.3 is 4.90 Å². The second-order valence-corrected chi connectivity index (χ2v) is 5.92. The predicted octanol–water partition coefficient (Wildman–Crippen LogP) is 1.86. The Labute approximate surface area is 127 Å². The van der Waals surface area contributed by atoms with E-state index in [2.05, 4.69) is 5.10 Å². The summed E-state index contributed by atoms with van der Waals surface area (Å²) < 4.78 is 38.6. The molecule has 1 aliphatic heterocycles. The summed E-state index contributed by atoms with van der Waals surface area (Å²) in [4.78, 5) is 15.4. The van der Waals surface area contributed by atoms with Crippen molar-refractivity contribution in [3.63, 3.8) is 0 Å². The molecule has 2 rings (SSSR count). The van der Waals surface area contributed by atoms with Crippen LogP contribution >= 0.6 is 0 Å². The van der Waals surface area contributed by atoms with E-state index in [-0.39, 0.29) is 24.9 Å². The van der Waals surface area contributed by atoms with Crippen LogP contribution in [0.5, 0.6) is 0 Å². The second-order valence-electron chi connectivity index (χ2n) is 5.92. The Kier molecular flexibility index (Phi) is 4.79. The first-order chi connectivity index (χ1) is 10.2. The molecular formula is C14H21F3N4O. The topological polar surface area (TPSA) is 41.4 Å². The Morgan fingerprint density at radius 1 is 1.27 bits per heavy atom. The zero-order valence-electron chi connectivity index (χ0n) is 13.0. The maximum Gasteiger partial charge on any atom is 0.401 e. The average molecular weight is 318 g/mol. The van der Waals surface area contributed by atoms with E-state index in [1.807, 2.05) is 13.8 Å². The van der Waals surface area contributed by atoms with Gasteiger partial charge in [0.2, 0.25) is 0 Å². The Morgan fingerprint density at radius 2 is 1.86 bits per heavy atom. The fourth-order valence-corrected chi connectivity index (χ4v) is 2.50. The Hall–Kier alpha value is -1.57. The van der Waals surface area contributed by atoms with E-state index in [4.69, 9.17) is 0 Å². The van der Waals surface area contributed by atoms with Crippen molar-refractivity contribution in [1.82, 2.24) is 19.6 Å². The number of piperazine rings is 1. The van der Waals surface area contributed by atoms with Gasteiger partial charge in [0.25, 0.3) is 5.91 Å². The van der Waals surface area contributed by atoms with Crippen LogP contribution in [0.1, 0.15) is 35.9 Å². The van der Waals surface area contributed by atoms with Crippen molar-refractivity contribution in [2.24, 2.45) is 7.05 Å². The Morgan fingerprint density at radius 3 is 2.32 bits per heavy atom. The molecule has 1 fully saturated rings. The summed E-state index contributed by atoms with van der Waals surface area (Å²) in [5.74, 6) is 0.0462. The van der Waals surface area contributed by atoms with E-state index >= 15 is 0 Å². The monoisotopic (exact) mass is 318 g/mol. The molecule has 2 heterocycles. The quantitative estimate of drug-likeness (QED) is 0.854. The molecule has 1 amide bonds. The van der Waals surface area contributed by atoms with Crippen LogP contribution in [0.4, 0.5) is 13.2 Å². The van der Waals surface area contributed by atoms with Gasteiger partial charge in [-0.15, -0.1) is 0 Å². The van der Waals surface area contributed by atoms with Gasteiger partial charge in [0.1, 0.15) is 5.69 Å². The molecule has 1 saturated heterocycles. The molecule has 1 aliphatic rings. The number of alkyl halides is 3. The molecule has 1 aromatic heterocycles. The van der Waals surface area contributed by atoms with Crippen LogP contribution in [0.25, 0.3) is 0 Å². The number of hydrogen-bond acceptors (Lipinski definition) is 3. The van der Waals surface area contributed by atoms with Gasteiger partial charge in [-0.3, -0.25) is 14.4 Å². The van der Waals surface area contributed by atoms with Gasteiger partial charge in [-0.05, 0) is 12.0 Å². The number of nitrogens with zero attached hydrogens (tertiary/aromatic N) is 4. The summed E-state index contributed by atoms with van der Waals surface area (Å²) in [6.07, 6.45) is -4.19. The van der Waals surface area contributed by atoms with E-state index in [1.54, 1.807) is 22.7 Å². The third kappa shape index (κ3) is 4.00. The minimum Gasteiger partial charge on any atom is -0.335 e. The molecule has 0 spiro atoms. The lowest BCUT2D eigenvalue weighted by Crippen LogP contribution is -2.51. The van der Waals surface area contributed by atoms with E-state index < -0.39 is 12.7 Å². The second kappa shape index (κ2) is 6.28. The largest absolute Gasteiger partial charge is 0.401 e. The molecule has 22 heavy (non-hydrogen) atoms. The molecule has 0 unspecified atom stereocenters. The molecule has 0 N–H and O–H groups in total. The van der Waals surface area contributed by atoms with Crippen LogP contribution in [0.3, 0.4) is 0 Å². The number of carbonyl (C=O) groups is 1. The lowest BCUT2D eigenvalue weighted by atomic mass is 10.1. The smallest absolute Gasteiger partial charge is 0.335 e. The van der Waals surface area contributed by atoms with Crippen molar-refractivity contribution in [2.45, 2.75) is 25.9 Å². The summed E-state index contributed by atoms with van der Waals surface area (Å²) in [5.41, 5.74) is 1.31. The van der Waals surface area contributed by atoms with Crippen molar-refractivity contribution in [1.29, 1.82) is 0 Å². The third-order valence-electron chi connectivity index (χ3n) is 3.77. The molecule has 0 aliphatic carbocycles. The van der Waals surface area contributed by atoms with Crippen molar-refractivity contribution in [3.05, 3.63) is 17.5 Å². The molecule has 5 nitrogen and oxygen atoms in total. The Bertz CT molecular complexity index is 531. The maximum absolute atomic E-state index is 12.5. The van der Waals surface area contributed by atoms with Crippen molar-refractivity contribution >= 4 is 5.91 Å². The molecule has 8 heteroatoms. The van der Waals surface area contributed by atoms with E-state index in [9.17, 15) is 18.0 Å². The van der Waals surface area contributed by atoms with Gasteiger partial charge in [-0.1, -0.05) is 13.8 Å². The fraction of sp³-hybridized carbons (Fsp3) is 0.714. The van der Waals surface area contributed by atoms with Gasteiger partial charge in [0.15, 0.2) is 0 Å². The van der Waals surface area contributed by atoms with Gasteiger partial charge in [0.05, 0.1) is 12.2 Å². The number of aromatic nitrogens is 2. The number of carbonyl (C=O) groups excluding carboxylic acids is 1. The Balaban J connectivity index is 1.98. The van der Waals surface area contributed by atoms with Crippen molar-refractivity contribution < 1.29 is 18.0 Å². The van der Waals surface area contributed by atoms with Crippen LogP contribution in [0.2, 0.25) is 0 Å². The molecule has 0 aromatic carbocycles. The highest BCUT2D eigenvalue weighted by atomic mass is 19.4. The first-order valence-electron chi connectivity index (χ1n) is 7.29. The summed E-state index contributed by atoms with van der Waals surface area (Å²) in [7, 11) is 1.71. The van der Waals surface area contributed by atoms with Crippen molar-refractivity contribution in [2.75, 3.05) is 32.7 Å². The molecule has 0 bridgehead atoms. The third-order valence-corrected chi connectivity index (χ3v) is 3.77. The van der Waals surface area contributed by atoms with Crippen LogP contribution in [0.15, 0.2) is 6.07 Å².